The van der Waals surface area contributed by atoms with Gasteiger partial charge in [-0.15, -0.1) is 0 Å². The van der Waals surface area contributed by atoms with Crippen LogP contribution in [0.25, 0.3) is 0 Å². The smallest absolute Gasteiger partial charge is 0.266 e. The van der Waals surface area contributed by atoms with E-state index in [0.29, 0.717) is 19.5 Å². The molecule has 0 saturated carbocycles. The normalized spacial score (nSPS) is 17.3. The Hall–Kier alpha value is -0.930. The average Bonchev–Trinajstić information content (AvgIpc) is 1.91. The molecule has 0 radical (unpaired) electrons. The van der Waals surface area contributed by atoms with E-state index in [-0.39, 0.29) is 17.2 Å². The molecule has 0 aliphatic carbocycles. The fourth-order valence-corrected chi connectivity index (χ4v) is 1.57. The number of amides is 1. The third kappa shape index (κ3) is 3.98. The van der Waals surface area contributed by atoms with Crippen LogP contribution in [0.2, 0.25) is 0 Å². The first-order valence-corrected chi connectivity index (χ1v) is 5.08. The van der Waals surface area contributed by atoms with Crippen LogP contribution in [-0.2, 0) is 4.79 Å². The third-order valence-electron chi connectivity index (χ3n) is 2.31. The lowest BCUT2D eigenvalue weighted by Crippen LogP contribution is -2.50. The fourth-order valence-electron chi connectivity index (χ4n) is 1.57. The lowest BCUT2D eigenvalue weighted by atomic mass is 9.90. The van der Waals surface area contributed by atoms with Crippen LogP contribution < -0.4 is 0 Å². The van der Waals surface area contributed by atoms with Crippen molar-refractivity contribution in [3.8, 4) is 0 Å². The number of hydrogen-bond acceptors (Lipinski definition) is 1. The maximum atomic E-state index is 11.9. The SMILES string of the molecule is CC(C)(C)CC(=O)N1CC(C=C(F)F)C1. The topological polar surface area (TPSA) is 20.3 Å². The van der Waals surface area contributed by atoms with Crippen molar-refractivity contribution in [2.45, 2.75) is 27.2 Å². The Labute approximate surface area is 88.9 Å². The Bertz CT molecular complexity index is 271. The van der Waals surface area contributed by atoms with E-state index in [0.717, 1.165) is 6.08 Å². The van der Waals surface area contributed by atoms with E-state index in [1.54, 1.807) is 4.90 Å². The summed E-state index contributed by atoms with van der Waals surface area (Å²) in [7, 11) is 0. The highest BCUT2D eigenvalue weighted by Crippen LogP contribution is 2.25. The summed E-state index contributed by atoms with van der Waals surface area (Å²) in [4.78, 5) is 13.2. The average molecular weight is 217 g/mol. The summed E-state index contributed by atoms with van der Waals surface area (Å²) in [6.07, 6.45) is -0.245. The zero-order valence-electron chi connectivity index (χ0n) is 9.39. The molecule has 0 atom stereocenters. The van der Waals surface area contributed by atoms with Crippen molar-refractivity contribution in [1.29, 1.82) is 0 Å². The summed E-state index contributed by atoms with van der Waals surface area (Å²) in [6.45, 7) is 6.84. The minimum atomic E-state index is -1.65. The fraction of sp³-hybridized carbons (Fsp3) is 0.727. The summed E-state index contributed by atoms with van der Waals surface area (Å²) >= 11 is 0. The molecule has 1 aliphatic rings. The van der Waals surface area contributed by atoms with Crippen LogP contribution in [0, 0.1) is 11.3 Å². The summed E-state index contributed by atoms with van der Waals surface area (Å²) in [5, 5.41) is 0. The van der Waals surface area contributed by atoms with Gasteiger partial charge in [0, 0.05) is 25.4 Å². The maximum absolute atomic E-state index is 11.9. The molecule has 1 fully saturated rings. The van der Waals surface area contributed by atoms with Crippen LogP contribution in [0.1, 0.15) is 27.2 Å². The molecule has 0 aromatic carbocycles. The van der Waals surface area contributed by atoms with Gasteiger partial charge in [0.2, 0.25) is 5.91 Å². The number of likely N-dealkylation sites (tertiary alicyclic amines) is 1. The lowest BCUT2D eigenvalue weighted by Gasteiger charge is -2.38. The van der Waals surface area contributed by atoms with Crippen LogP contribution in [0.5, 0.6) is 0 Å². The third-order valence-corrected chi connectivity index (χ3v) is 2.31. The summed E-state index contributed by atoms with van der Waals surface area (Å²) < 4.78 is 23.7. The van der Waals surface area contributed by atoms with E-state index >= 15 is 0 Å². The molecule has 0 N–H and O–H groups in total. The van der Waals surface area contributed by atoms with Gasteiger partial charge in [-0.25, -0.2) is 0 Å². The minimum Gasteiger partial charge on any atom is -0.341 e. The molecular weight excluding hydrogens is 200 g/mol. The number of carbonyl (C=O) groups excluding carboxylic acids is 1. The highest BCUT2D eigenvalue weighted by atomic mass is 19.3. The van der Waals surface area contributed by atoms with Gasteiger partial charge < -0.3 is 4.90 Å². The number of carbonyl (C=O) groups is 1. The predicted molar refractivity (Wildman–Crippen MR) is 54.4 cm³/mol. The second kappa shape index (κ2) is 4.29. The van der Waals surface area contributed by atoms with Crippen molar-refractivity contribution < 1.29 is 13.6 Å². The molecule has 4 heteroatoms. The standard InChI is InChI=1S/C11H17F2NO/c1-11(2,3)5-10(15)14-6-8(7-14)4-9(12)13/h4,8H,5-7H2,1-3H3. The second-order valence-corrected chi connectivity index (χ2v) is 5.25. The molecule has 86 valence electrons. The van der Waals surface area contributed by atoms with Crippen molar-refractivity contribution in [3.05, 3.63) is 12.2 Å². The molecule has 15 heavy (non-hydrogen) atoms. The molecule has 0 bridgehead atoms. The Morgan fingerprint density at radius 3 is 2.33 bits per heavy atom. The number of halogens is 2. The number of rotatable bonds is 2. The van der Waals surface area contributed by atoms with Gasteiger partial charge in [0.15, 0.2) is 0 Å². The first-order valence-electron chi connectivity index (χ1n) is 5.08. The summed E-state index contributed by atoms with van der Waals surface area (Å²) in [5.74, 6) is -0.0923. The summed E-state index contributed by atoms with van der Waals surface area (Å²) in [5.41, 5.74) is -0.0383. The van der Waals surface area contributed by atoms with Gasteiger partial charge in [-0.3, -0.25) is 4.79 Å². The largest absolute Gasteiger partial charge is 0.341 e. The van der Waals surface area contributed by atoms with E-state index in [4.69, 9.17) is 0 Å². The van der Waals surface area contributed by atoms with Gasteiger partial charge in [0.1, 0.15) is 0 Å². The number of hydrogen-bond donors (Lipinski definition) is 0. The molecule has 0 spiro atoms. The van der Waals surface area contributed by atoms with Crippen LogP contribution in [0.15, 0.2) is 12.2 Å². The molecule has 0 aromatic heterocycles. The lowest BCUT2D eigenvalue weighted by molar-refractivity contribution is -0.138. The van der Waals surface area contributed by atoms with Crippen LogP contribution in [-0.4, -0.2) is 23.9 Å². The first-order chi connectivity index (χ1) is 6.78. The minimum absolute atomic E-state index is 0.0383. The van der Waals surface area contributed by atoms with Gasteiger partial charge in [-0.2, -0.15) is 8.78 Å². The van der Waals surface area contributed by atoms with Gasteiger partial charge in [-0.05, 0) is 11.5 Å². The molecule has 1 amide bonds. The molecule has 1 saturated heterocycles. The molecule has 0 unspecified atom stereocenters. The van der Waals surface area contributed by atoms with E-state index in [1.165, 1.54) is 0 Å². The van der Waals surface area contributed by atoms with Crippen molar-refractivity contribution in [3.63, 3.8) is 0 Å². The van der Waals surface area contributed by atoms with Crippen LogP contribution >= 0.6 is 0 Å². The van der Waals surface area contributed by atoms with Crippen molar-refractivity contribution in [2.75, 3.05) is 13.1 Å². The highest BCUT2D eigenvalue weighted by Gasteiger charge is 2.31. The van der Waals surface area contributed by atoms with Gasteiger partial charge >= 0.3 is 0 Å². The number of nitrogens with zero attached hydrogens (tertiary/aromatic N) is 1. The van der Waals surface area contributed by atoms with E-state index in [1.807, 2.05) is 20.8 Å². The summed E-state index contributed by atoms with van der Waals surface area (Å²) in [6, 6.07) is 0. The van der Waals surface area contributed by atoms with Gasteiger partial charge in [-0.1, -0.05) is 20.8 Å². The zero-order valence-corrected chi connectivity index (χ0v) is 9.39. The van der Waals surface area contributed by atoms with E-state index in [2.05, 4.69) is 0 Å². The maximum Gasteiger partial charge on any atom is 0.266 e. The Kier molecular flexibility index (Phi) is 3.47. The van der Waals surface area contributed by atoms with Crippen LogP contribution in [0.3, 0.4) is 0 Å². The Morgan fingerprint density at radius 2 is 1.93 bits per heavy atom. The van der Waals surface area contributed by atoms with Crippen molar-refractivity contribution >= 4 is 5.91 Å². The highest BCUT2D eigenvalue weighted by molar-refractivity contribution is 5.77. The first kappa shape index (κ1) is 12.1. The molecule has 1 heterocycles. The predicted octanol–water partition coefficient (Wildman–Crippen LogP) is 2.66. The molecule has 0 aromatic rings. The Morgan fingerprint density at radius 1 is 1.40 bits per heavy atom. The van der Waals surface area contributed by atoms with Crippen molar-refractivity contribution in [2.24, 2.45) is 11.3 Å². The van der Waals surface area contributed by atoms with Crippen LogP contribution in [0.4, 0.5) is 8.78 Å². The zero-order chi connectivity index (χ0) is 11.6. The quantitative estimate of drug-likeness (QED) is 0.696. The van der Waals surface area contributed by atoms with E-state index < -0.39 is 6.08 Å². The van der Waals surface area contributed by atoms with Crippen molar-refractivity contribution in [1.82, 2.24) is 4.90 Å². The molecule has 1 rings (SSSR count). The monoisotopic (exact) mass is 217 g/mol. The Balaban J connectivity index is 2.33. The van der Waals surface area contributed by atoms with Gasteiger partial charge in [0.05, 0.1) is 0 Å². The molecule has 1 aliphatic heterocycles. The molecule has 2 nitrogen and oxygen atoms in total. The molecular formula is C11H17F2NO. The van der Waals surface area contributed by atoms with E-state index in [9.17, 15) is 13.6 Å². The van der Waals surface area contributed by atoms with Gasteiger partial charge in [0.25, 0.3) is 6.08 Å². The second-order valence-electron chi connectivity index (χ2n) is 5.25.